The summed E-state index contributed by atoms with van der Waals surface area (Å²) in [6, 6.07) is 6.57. The molecule has 0 radical (unpaired) electrons. The molecule has 1 unspecified atom stereocenters. The summed E-state index contributed by atoms with van der Waals surface area (Å²) >= 11 is 0. The predicted molar refractivity (Wildman–Crippen MR) is 61.8 cm³/mol. The molecule has 0 spiro atoms. The number of nitrogens with two attached hydrogens (primary N) is 1. The number of rotatable bonds is 1. The second kappa shape index (κ2) is 3.40. The van der Waals surface area contributed by atoms with Crippen molar-refractivity contribution in [3.05, 3.63) is 18.2 Å². The minimum absolute atomic E-state index is 0.536. The van der Waals surface area contributed by atoms with Gasteiger partial charge in [0.1, 0.15) is 0 Å². The molecule has 3 heteroatoms. The number of nitrogens with zero attached hydrogens (tertiary/aromatic N) is 1. The Balaban J connectivity index is 2.43. The molecule has 1 heterocycles. The number of nitrogens with one attached hydrogen (secondary N) is 1. The number of benzene rings is 1. The quantitative estimate of drug-likeness (QED) is 0.666. The summed E-state index contributed by atoms with van der Waals surface area (Å²) in [4.78, 5) is 2.38. The van der Waals surface area contributed by atoms with Crippen LogP contribution in [0.1, 0.15) is 13.8 Å². The number of hydrogen-bond acceptors (Lipinski definition) is 3. The monoisotopic (exact) mass is 191 g/mol. The maximum atomic E-state index is 5.79. The van der Waals surface area contributed by atoms with E-state index in [4.69, 9.17) is 5.73 Å². The standard InChI is InChI=1S/C11H17N3/c1-3-14-8(2)7-13-10-5-4-9(12)6-11(10)14/h4-6,8,13H,3,7,12H2,1-2H3. The van der Waals surface area contributed by atoms with Gasteiger partial charge in [0.25, 0.3) is 0 Å². The lowest BCUT2D eigenvalue weighted by atomic mass is 10.1. The van der Waals surface area contributed by atoms with Gasteiger partial charge in [0.15, 0.2) is 0 Å². The maximum Gasteiger partial charge on any atom is 0.0625 e. The first-order valence-electron chi connectivity index (χ1n) is 5.12. The first-order valence-corrected chi connectivity index (χ1v) is 5.12. The Morgan fingerprint density at radius 1 is 1.57 bits per heavy atom. The summed E-state index contributed by atoms with van der Waals surface area (Å²) in [7, 11) is 0. The van der Waals surface area contributed by atoms with E-state index in [1.807, 2.05) is 12.1 Å². The van der Waals surface area contributed by atoms with E-state index in [0.717, 1.165) is 18.8 Å². The number of nitrogen functional groups attached to an aromatic ring is 1. The molecule has 3 nitrogen and oxygen atoms in total. The molecule has 0 amide bonds. The Labute approximate surface area is 84.9 Å². The SMILES string of the molecule is CCN1c2cc(N)ccc2NCC1C. The van der Waals surface area contributed by atoms with Gasteiger partial charge in [0.05, 0.1) is 11.4 Å². The zero-order valence-electron chi connectivity index (χ0n) is 8.75. The third-order valence-corrected chi connectivity index (χ3v) is 2.79. The topological polar surface area (TPSA) is 41.3 Å². The van der Waals surface area contributed by atoms with E-state index >= 15 is 0 Å². The van der Waals surface area contributed by atoms with Crippen LogP contribution in [-0.2, 0) is 0 Å². The van der Waals surface area contributed by atoms with Crippen molar-refractivity contribution in [2.45, 2.75) is 19.9 Å². The molecule has 76 valence electrons. The molecule has 0 saturated carbocycles. The van der Waals surface area contributed by atoms with Gasteiger partial charge in [-0.25, -0.2) is 0 Å². The molecular formula is C11H17N3. The molecule has 0 aromatic heterocycles. The average Bonchev–Trinajstić information content (AvgIpc) is 2.17. The van der Waals surface area contributed by atoms with Crippen molar-refractivity contribution >= 4 is 17.1 Å². The van der Waals surface area contributed by atoms with Crippen LogP contribution in [0.15, 0.2) is 18.2 Å². The number of fused-ring (bicyclic) bond motifs is 1. The summed E-state index contributed by atoms with van der Waals surface area (Å²) in [5.41, 5.74) is 9.04. The fourth-order valence-corrected chi connectivity index (χ4v) is 2.02. The van der Waals surface area contributed by atoms with Gasteiger partial charge in [-0.15, -0.1) is 0 Å². The Morgan fingerprint density at radius 2 is 2.36 bits per heavy atom. The van der Waals surface area contributed by atoms with Crippen molar-refractivity contribution in [2.75, 3.05) is 29.0 Å². The van der Waals surface area contributed by atoms with Crippen molar-refractivity contribution in [2.24, 2.45) is 0 Å². The van der Waals surface area contributed by atoms with Crippen LogP contribution in [-0.4, -0.2) is 19.1 Å². The van der Waals surface area contributed by atoms with Gasteiger partial charge < -0.3 is 16.0 Å². The Hall–Kier alpha value is -1.38. The number of hydrogen-bond donors (Lipinski definition) is 2. The molecule has 1 aliphatic heterocycles. The molecule has 1 atom stereocenters. The molecule has 14 heavy (non-hydrogen) atoms. The Kier molecular flexibility index (Phi) is 2.23. The molecule has 0 bridgehead atoms. The fraction of sp³-hybridized carbons (Fsp3) is 0.455. The van der Waals surface area contributed by atoms with Gasteiger partial charge in [-0.05, 0) is 32.0 Å². The van der Waals surface area contributed by atoms with Crippen LogP contribution >= 0.6 is 0 Å². The lowest BCUT2D eigenvalue weighted by Crippen LogP contribution is -2.41. The van der Waals surface area contributed by atoms with Crippen molar-refractivity contribution < 1.29 is 0 Å². The Bertz CT molecular complexity index is 335. The molecule has 3 N–H and O–H groups in total. The average molecular weight is 191 g/mol. The molecule has 1 aromatic rings. The van der Waals surface area contributed by atoms with Crippen LogP contribution in [0, 0.1) is 0 Å². The van der Waals surface area contributed by atoms with Gasteiger partial charge in [-0.2, -0.15) is 0 Å². The fourth-order valence-electron chi connectivity index (χ4n) is 2.02. The zero-order valence-corrected chi connectivity index (χ0v) is 8.75. The summed E-state index contributed by atoms with van der Waals surface area (Å²) < 4.78 is 0. The first kappa shape index (κ1) is 9.19. The second-order valence-electron chi connectivity index (χ2n) is 3.79. The number of likely N-dealkylation sites (N-methyl/N-ethyl adjacent to an activating group) is 1. The minimum Gasteiger partial charge on any atom is -0.399 e. The van der Waals surface area contributed by atoms with E-state index in [2.05, 4.69) is 30.1 Å². The Morgan fingerprint density at radius 3 is 3.07 bits per heavy atom. The highest BCUT2D eigenvalue weighted by Gasteiger charge is 2.20. The van der Waals surface area contributed by atoms with Crippen molar-refractivity contribution in [3.8, 4) is 0 Å². The molecule has 0 fully saturated rings. The van der Waals surface area contributed by atoms with Crippen LogP contribution in [0.5, 0.6) is 0 Å². The van der Waals surface area contributed by atoms with Gasteiger partial charge >= 0.3 is 0 Å². The summed E-state index contributed by atoms with van der Waals surface area (Å²) in [6.45, 7) is 6.43. The summed E-state index contributed by atoms with van der Waals surface area (Å²) in [5.74, 6) is 0. The normalized spacial score (nSPS) is 20.1. The number of anilines is 3. The highest BCUT2D eigenvalue weighted by atomic mass is 15.2. The van der Waals surface area contributed by atoms with Gasteiger partial charge in [-0.1, -0.05) is 0 Å². The second-order valence-corrected chi connectivity index (χ2v) is 3.79. The van der Waals surface area contributed by atoms with E-state index < -0.39 is 0 Å². The molecule has 0 saturated heterocycles. The lowest BCUT2D eigenvalue weighted by Gasteiger charge is -2.37. The van der Waals surface area contributed by atoms with Crippen molar-refractivity contribution in [1.29, 1.82) is 0 Å². The molecule has 1 aromatic carbocycles. The van der Waals surface area contributed by atoms with E-state index in [-0.39, 0.29) is 0 Å². The zero-order chi connectivity index (χ0) is 10.1. The van der Waals surface area contributed by atoms with E-state index in [1.165, 1.54) is 11.4 Å². The van der Waals surface area contributed by atoms with Gasteiger partial charge in [0, 0.05) is 24.8 Å². The lowest BCUT2D eigenvalue weighted by molar-refractivity contribution is 0.659. The van der Waals surface area contributed by atoms with Gasteiger partial charge in [0.2, 0.25) is 0 Å². The predicted octanol–water partition coefficient (Wildman–Crippen LogP) is 1.91. The van der Waals surface area contributed by atoms with Crippen LogP contribution in [0.25, 0.3) is 0 Å². The molecular weight excluding hydrogens is 174 g/mol. The van der Waals surface area contributed by atoms with Crippen molar-refractivity contribution in [3.63, 3.8) is 0 Å². The van der Waals surface area contributed by atoms with Gasteiger partial charge in [-0.3, -0.25) is 0 Å². The minimum atomic E-state index is 0.536. The van der Waals surface area contributed by atoms with Crippen LogP contribution in [0.2, 0.25) is 0 Å². The first-order chi connectivity index (χ1) is 6.72. The third-order valence-electron chi connectivity index (χ3n) is 2.79. The summed E-state index contributed by atoms with van der Waals surface area (Å²) in [6.07, 6.45) is 0. The van der Waals surface area contributed by atoms with Crippen LogP contribution < -0.4 is 16.0 Å². The maximum absolute atomic E-state index is 5.79. The summed E-state index contributed by atoms with van der Waals surface area (Å²) in [5, 5.41) is 3.41. The third kappa shape index (κ3) is 1.39. The van der Waals surface area contributed by atoms with Crippen LogP contribution in [0.4, 0.5) is 17.1 Å². The molecule has 1 aliphatic rings. The van der Waals surface area contributed by atoms with E-state index in [0.29, 0.717) is 6.04 Å². The van der Waals surface area contributed by atoms with E-state index in [9.17, 15) is 0 Å². The van der Waals surface area contributed by atoms with Crippen LogP contribution in [0.3, 0.4) is 0 Å². The van der Waals surface area contributed by atoms with E-state index in [1.54, 1.807) is 0 Å². The van der Waals surface area contributed by atoms with Crippen molar-refractivity contribution in [1.82, 2.24) is 0 Å². The highest BCUT2D eigenvalue weighted by Crippen LogP contribution is 2.32. The highest BCUT2D eigenvalue weighted by molar-refractivity contribution is 5.76. The smallest absolute Gasteiger partial charge is 0.0625 e. The molecule has 0 aliphatic carbocycles. The largest absolute Gasteiger partial charge is 0.399 e. The molecule has 2 rings (SSSR count).